The number of benzene rings is 1. The van der Waals surface area contributed by atoms with Gasteiger partial charge >= 0.3 is 0 Å². The summed E-state index contributed by atoms with van der Waals surface area (Å²) in [7, 11) is 0. The van der Waals surface area contributed by atoms with Crippen LogP contribution in [-0.2, 0) is 5.66 Å². The first kappa shape index (κ1) is 9.55. The maximum absolute atomic E-state index is 3.54. The van der Waals surface area contributed by atoms with Gasteiger partial charge in [0, 0.05) is 17.7 Å². The van der Waals surface area contributed by atoms with E-state index in [0.717, 1.165) is 0 Å². The van der Waals surface area contributed by atoms with Crippen molar-refractivity contribution in [2.24, 2.45) is 0 Å². The van der Waals surface area contributed by atoms with Gasteiger partial charge in [0.25, 0.3) is 5.66 Å². The summed E-state index contributed by atoms with van der Waals surface area (Å²) in [5.74, 6) is 0. The zero-order valence-electron chi connectivity index (χ0n) is 9.30. The third-order valence-electron chi connectivity index (χ3n) is 3.32. The summed E-state index contributed by atoms with van der Waals surface area (Å²) in [4.78, 5) is 0. The molecule has 1 N–H and O–H groups in total. The summed E-state index contributed by atoms with van der Waals surface area (Å²) in [6.07, 6.45) is 4.23. The molecule has 1 aromatic heterocycles. The minimum atomic E-state index is -0.0392. The predicted octanol–water partition coefficient (Wildman–Crippen LogP) is 1.67. The molecule has 0 radical (unpaired) electrons. The SMILES string of the molecule is CC1NC1(c1ccccc1)[n+]1ccccc1. The van der Waals surface area contributed by atoms with Gasteiger partial charge in [0.05, 0.1) is 6.04 Å². The molecule has 2 atom stereocenters. The topological polar surface area (TPSA) is 25.8 Å². The summed E-state index contributed by atoms with van der Waals surface area (Å²) in [6, 6.07) is 17.2. The number of pyridine rings is 1. The van der Waals surface area contributed by atoms with Crippen LogP contribution >= 0.6 is 0 Å². The maximum Gasteiger partial charge on any atom is 0.263 e. The summed E-state index contributed by atoms with van der Waals surface area (Å²) in [5, 5.41) is 3.54. The van der Waals surface area contributed by atoms with Crippen molar-refractivity contribution in [1.29, 1.82) is 0 Å². The first-order chi connectivity index (χ1) is 7.84. The Balaban J connectivity index is 2.10. The van der Waals surface area contributed by atoms with Crippen molar-refractivity contribution < 1.29 is 4.57 Å². The van der Waals surface area contributed by atoms with Gasteiger partial charge in [-0.05, 0) is 6.92 Å². The molecular weight excluding hydrogens is 196 g/mol. The molecule has 0 spiro atoms. The lowest BCUT2D eigenvalue weighted by Crippen LogP contribution is -2.50. The van der Waals surface area contributed by atoms with Crippen LogP contribution in [0.15, 0.2) is 60.9 Å². The average molecular weight is 211 g/mol. The number of rotatable bonds is 2. The van der Waals surface area contributed by atoms with E-state index in [0.29, 0.717) is 6.04 Å². The van der Waals surface area contributed by atoms with Crippen molar-refractivity contribution in [3.8, 4) is 0 Å². The van der Waals surface area contributed by atoms with Gasteiger partial charge in [0.2, 0.25) is 0 Å². The van der Waals surface area contributed by atoms with Crippen LogP contribution < -0.4 is 9.88 Å². The maximum atomic E-state index is 3.54. The zero-order valence-corrected chi connectivity index (χ0v) is 9.30. The predicted molar refractivity (Wildman–Crippen MR) is 62.8 cm³/mol. The fraction of sp³-hybridized carbons (Fsp3) is 0.214. The van der Waals surface area contributed by atoms with Crippen LogP contribution in [0.2, 0.25) is 0 Å². The van der Waals surface area contributed by atoms with Crippen molar-refractivity contribution >= 4 is 0 Å². The summed E-state index contributed by atoms with van der Waals surface area (Å²) in [6.45, 7) is 2.22. The Morgan fingerprint density at radius 2 is 1.56 bits per heavy atom. The van der Waals surface area contributed by atoms with Crippen molar-refractivity contribution in [3.05, 3.63) is 66.5 Å². The highest BCUT2D eigenvalue weighted by Crippen LogP contribution is 2.33. The van der Waals surface area contributed by atoms with Gasteiger partial charge < -0.3 is 0 Å². The van der Waals surface area contributed by atoms with E-state index in [1.165, 1.54) is 5.56 Å². The second kappa shape index (κ2) is 3.42. The van der Waals surface area contributed by atoms with E-state index in [-0.39, 0.29) is 5.66 Å². The molecule has 2 aromatic rings. The van der Waals surface area contributed by atoms with Gasteiger partial charge in [0.1, 0.15) is 0 Å². The smallest absolute Gasteiger partial charge is 0.239 e. The highest BCUT2D eigenvalue weighted by atomic mass is 15.4. The van der Waals surface area contributed by atoms with E-state index >= 15 is 0 Å². The quantitative estimate of drug-likeness (QED) is 0.593. The number of aromatic nitrogens is 1. The van der Waals surface area contributed by atoms with E-state index < -0.39 is 0 Å². The molecule has 0 saturated carbocycles. The summed E-state index contributed by atoms with van der Waals surface area (Å²) < 4.78 is 2.24. The summed E-state index contributed by atoms with van der Waals surface area (Å²) in [5.41, 5.74) is 1.28. The van der Waals surface area contributed by atoms with Crippen LogP contribution in [0.4, 0.5) is 0 Å². The Kier molecular flexibility index (Phi) is 2.04. The van der Waals surface area contributed by atoms with Crippen molar-refractivity contribution in [1.82, 2.24) is 5.32 Å². The van der Waals surface area contributed by atoms with Crippen molar-refractivity contribution in [2.75, 3.05) is 0 Å². The minimum Gasteiger partial charge on any atom is -0.239 e. The molecule has 1 aliphatic heterocycles. The van der Waals surface area contributed by atoms with Crippen molar-refractivity contribution in [2.45, 2.75) is 18.6 Å². The summed E-state index contributed by atoms with van der Waals surface area (Å²) >= 11 is 0. The number of nitrogens with zero attached hydrogens (tertiary/aromatic N) is 1. The monoisotopic (exact) mass is 211 g/mol. The number of hydrogen-bond donors (Lipinski definition) is 1. The molecule has 2 heterocycles. The molecule has 2 heteroatoms. The molecular formula is C14H15N2+. The van der Waals surface area contributed by atoms with Crippen LogP contribution in [0.3, 0.4) is 0 Å². The van der Waals surface area contributed by atoms with Gasteiger partial charge in [-0.1, -0.05) is 36.4 Å². The third-order valence-corrected chi connectivity index (χ3v) is 3.32. The molecule has 1 fully saturated rings. The van der Waals surface area contributed by atoms with Gasteiger partial charge in [-0.2, -0.15) is 4.57 Å². The molecule has 3 rings (SSSR count). The van der Waals surface area contributed by atoms with E-state index in [1.807, 2.05) is 6.07 Å². The molecule has 0 aliphatic carbocycles. The highest BCUT2D eigenvalue weighted by molar-refractivity contribution is 5.29. The first-order valence-corrected chi connectivity index (χ1v) is 5.64. The molecule has 80 valence electrons. The average Bonchev–Trinajstić information content (AvgIpc) is 3.05. The van der Waals surface area contributed by atoms with Gasteiger partial charge in [-0.15, -0.1) is 0 Å². The number of nitrogens with one attached hydrogen (secondary N) is 1. The Hall–Kier alpha value is -1.67. The second-order valence-electron chi connectivity index (χ2n) is 4.28. The molecule has 0 amide bonds. The standard InChI is InChI=1S/C14H15N2/c1-12-14(15-12,13-8-4-2-5-9-13)16-10-6-3-7-11-16/h2-12,15H,1H3/q+1. The lowest BCUT2D eigenvalue weighted by molar-refractivity contribution is -0.732. The normalized spacial score (nSPS) is 27.7. The zero-order chi connectivity index (χ0) is 11.0. The van der Waals surface area contributed by atoms with Gasteiger partial charge in [0.15, 0.2) is 12.4 Å². The lowest BCUT2D eigenvalue weighted by atomic mass is 10.0. The van der Waals surface area contributed by atoms with Crippen LogP contribution in [0.1, 0.15) is 12.5 Å². The third kappa shape index (κ3) is 1.27. The van der Waals surface area contributed by atoms with Gasteiger partial charge in [-0.3, -0.25) is 0 Å². The largest absolute Gasteiger partial charge is 0.263 e. The van der Waals surface area contributed by atoms with Crippen LogP contribution in [0, 0.1) is 0 Å². The lowest BCUT2D eigenvalue weighted by Gasteiger charge is -2.09. The fourth-order valence-corrected chi connectivity index (χ4v) is 2.40. The molecule has 1 aliphatic rings. The Bertz CT molecular complexity index is 439. The molecule has 2 unspecified atom stereocenters. The minimum absolute atomic E-state index is 0.0392. The molecule has 16 heavy (non-hydrogen) atoms. The number of hydrogen-bond acceptors (Lipinski definition) is 1. The fourth-order valence-electron chi connectivity index (χ4n) is 2.40. The van der Waals surface area contributed by atoms with E-state index in [2.05, 4.69) is 71.7 Å². The first-order valence-electron chi connectivity index (χ1n) is 5.64. The van der Waals surface area contributed by atoms with E-state index in [9.17, 15) is 0 Å². The van der Waals surface area contributed by atoms with Crippen molar-refractivity contribution in [3.63, 3.8) is 0 Å². The molecule has 0 bridgehead atoms. The van der Waals surface area contributed by atoms with E-state index in [1.54, 1.807) is 0 Å². The second-order valence-corrected chi connectivity index (χ2v) is 4.28. The van der Waals surface area contributed by atoms with Crippen LogP contribution in [-0.4, -0.2) is 6.04 Å². The molecule has 1 aromatic carbocycles. The van der Waals surface area contributed by atoms with Gasteiger partial charge in [-0.25, -0.2) is 5.32 Å². The molecule has 1 saturated heterocycles. The Morgan fingerprint density at radius 1 is 1.00 bits per heavy atom. The molecule has 2 nitrogen and oxygen atoms in total. The van der Waals surface area contributed by atoms with Crippen LogP contribution in [0.5, 0.6) is 0 Å². The Labute approximate surface area is 95.6 Å². The highest BCUT2D eigenvalue weighted by Gasteiger charge is 2.61. The van der Waals surface area contributed by atoms with E-state index in [4.69, 9.17) is 0 Å². The Morgan fingerprint density at radius 3 is 2.12 bits per heavy atom. The van der Waals surface area contributed by atoms with Crippen LogP contribution in [0.25, 0.3) is 0 Å².